The smallest absolute Gasteiger partial charge is 0.261 e. The fourth-order valence-corrected chi connectivity index (χ4v) is 4.53. The highest BCUT2D eigenvalue weighted by Crippen LogP contribution is 2.19. The second-order valence-corrected chi connectivity index (χ2v) is 9.01. The summed E-state index contributed by atoms with van der Waals surface area (Å²) in [7, 11) is 0. The number of aryl methyl sites for hydroxylation is 3. The van der Waals surface area contributed by atoms with Crippen LogP contribution in [-0.2, 0) is 19.4 Å². The molecule has 2 aromatic heterocycles. The van der Waals surface area contributed by atoms with Gasteiger partial charge in [-0.1, -0.05) is 37.3 Å². The second-order valence-electron chi connectivity index (χ2n) is 8.06. The predicted molar refractivity (Wildman–Crippen MR) is 135 cm³/mol. The van der Waals surface area contributed by atoms with Crippen LogP contribution in [0.5, 0.6) is 5.75 Å². The lowest BCUT2D eigenvalue weighted by Gasteiger charge is -2.11. The summed E-state index contributed by atoms with van der Waals surface area (Å²) in [6.45, 7) is 4.42. The van der Waals surface area contributed by atoms with Crippen molar-refractivity contribution in [1.29, 1.82) is 0 Å². The molecule has 0 fully saturated rings. The van der Waals surface area contributed by atoms with Gasteiger partial charge in [0.1, 0.15) is 11.6 Å². The van der Waals surface area contributed by atoms with Crippen LogP contribution in [0.1, 0.15) is 47.2 Å². The molecule has 0 bridgehead atoms. The SMILES string of the molecule is CCc1ccc(OCCCCn2c(CCCNC(=O)c3cccs3)nc3ccccc32)cc1. The van der Waals surface area contributed by atoms with E-state index in [4.69, 9.17) is 9.72 Å². The number of carbonyl (C=O) groups excluding carboxylic acids is 1. The van der Waals surface area contributed by atoms with Crippen molar-refractivity contribution in [3.05, 3.63) is 82.3 Å². The number of aromatic nitrogens is 2. The van der Waals surface area contributed by atoms with Crippen LogP contribution in [-0.4, -0.2) is 28.6 Å². The molecule has 1 N–H and O–H groups in total. The van der Waals surface area contributed by atoms with Gasteiger partial charge in [0.2, 0.25) is 0 Å². The Labute approximate surface area is 199 Å². The molecule has 5 nitrogen and oxygen atoms in total. The Kier molecular flexibility index (Phi) is 8.14. The van der Waals surface area contributed by atoms with Crippen LogP contribution in [0.4, 0.5) is 0 Å². The number of nitrogens with zero attached hydrogens (tertiary/aromatic N) is 2. The summed E-state index contributed by atoms with van der Waals surface area (Å²) in [6.07, 6.45) is 4.74. The summed E-state index contributed by atoms with van der Waals surface area (Å²) in [5.74, 6) is 2.02. The van der Waals surface area contributed by atoms with Crippen molar-refractivity contribution >= 4 is 28.3 Å². The van der Waals surface area contributed by atoms with Crippen LogP contribution in [0.25, 0.3) is 11.0 Å². The maximum atomic E-state index is 12.1. The van der Waals surface area contributed by atoms with E-state index in [0.29, 0.717) is 13.2 Å². The predicted octanol–water partition coefficient (Wildman–Crippen LogP) is 5.88. The number of hydrogen-bond donors (Lipinski definition) is 1. The van der Waals surface area contributed by atoms with E-state index < -0.39 is 0 Å². The van der Waals surface area contributed by atoms with Crippen LogP contribution >= 0.6 is 11.3 Å². The first-order chi connectivity index (χ1) is 16.2. The van der Waals surface area contributed by atoms with Gasteiger partial charge >= 0.3 is 0 Å². The normalized spacial score (nSPS) is 11.1. The van der Waals surface area contributed by atoms with E-state index in [0.717, 1.165) is 60.6 Å². The number of ether oxygens (including phenoxy) is 1. The molecule has 0 aliphatic rings. The van der Waals surface area contributed by atoms with E-state index in [1.165, 1.54) is 22.4 Å². The minimum Gasteiger partial charge on any atom is -0.494 e. The van der Waals surface area contributed by atoms with Gasteiger partial charge < -0.3 is 14.6 Å². The fraction of sp³-hybridized carbons (Fsp3) is 0.333. The molecule has 0 radical (unpaired) electrons. The summed E-state index contributed by atoms with van der Waals surface area (Å²) >= 11 is 1.47. The number of nitrogens with one attached hydrogen (secondary N) is 1. The van der Waals surface area contributed by atoms with E-state index in [1.54, 1.807) is 0 Å². The quantitative estimate of drug-likeness (QED) is 0.268. The molecular weight excluding hydrogens is 430 g/mol. The maximum absolute atomic E-state index is 12.1. The summed E-state index contributed by atoms with van der Waals surface area (Å²) in [4.78, 5) is 17.7. The average Bonchev–Trinajstić information content (AvgIpc) is 3.50. The lowest BCUT2D eigenvalue weighted by atomic mass is 10.2. The summed E-state index contributed by atoms with van der Waals surface area (Å²) < 4.78 is 8.24. The number of benzene rings is 2. The van der Waals surface area contributed by atoms with Crippen molar-refractivity contribution in [1.82, 2.24) is 14.9 Å². The molecule has 0 saturated carbocycles. The number of fused-ring (bicyclic) bond motifs is 1. The van der Waals surface area contributed by atoms with Crippen molar-refractivity contribution in [2.24, 2.45) is 0 Å². The Hall–Kier alpha value is -3.12. The second kappa shape index (κ2) is 11.7. The zero-order valence-electron chi connectivity index (χ0n) is 19.1. The first-order valence-corrected chi connectivity index (χ1v) is 12.6. The van der Waals surface area contributed by atoms with Gasteiger partial charge in [0.25, 0.3) is 5.91 Å². The van der Waals surface area contributed by atoms with Gasteiger partial charge in [-0.15, -0.1) is 11.3 Å². The maximum Gasteiger partial charge on any atom is 0.261 e. The molecule has 0 atom stereocenters. The van der Waals surface area contributed by atoms with Gasteiger partial charge in [0.15, 0.2) is 0 Å². The Morgan fingerprint density at radius 3 is 2.67 bits per heavy atom. The molecular formula is C27H31N3O2S. The zero-order chi connectivity index (χ0) is 22.9. The number of imidazole rings is 1. The lowest BCUT2D eigenvalue weighted by Crippen LogP contribution is -2.24. The number of rotatable bonds is 12. The third-order valence-corrected chi connectivity index (χ3v) is 6.59. The molecule has 0 aliphatic carbocycles. The number of amides is 1. The molecule has 172 valence electrons. The van der Waals surface area contributed by atoms with Crippen LogP contribution in [0.2, 0.25) is 0 Å². The van der Waals surface area contributed by atoms with Gasteiger partial charge in [-0.05, 0) is 67.0 Å². The Bertz CT molecular complexity index is 1150. The highest BCUT2D eigenvalue weighted by molar-refractivity contribution is 7.12. The van der Waals surface area contributed by atoms with E-state index in [2.05, 4.69) is 59.3 Å². The van der Waals surface area contributed by atoms with Gasteiger partial charge in [-0.25, -0.2) is 4.98 Å². The van der Waals surface area contributed by atoms with Gasteiger partial charge in [-0.2, -0.15) is 0 Å². The molecule has 0 aliphatic heterocycles. The Balaban J connectivity index is 1.27. The highest BCUT2D eigenvalue weighted by atomic mass is 32.1. The lowest BCUT2D eigenvalue weighted by molar-refractivity contribution is 0.0957. The Morgan fingerprint density at radius 2 is 1.88 bits per heavy atom. The molecule has 6 heteroatoms. The van der Waals surface area contributed by atoms with Gasteiger partial charge in [0, 0.05) is 19.5 Å². The third-order valence-electron chi connectivity index (χ3n) is 5.72. The van der Waals surface area contributed by atoms with Crippen LogP contribution in [0, 0.1) is 0 Å². The monoisotopic (exact) mass is 461 g/mol. The number of thiophene rings is 1. The zero-order valence-corrected chi connectivity index (χ0v) is 19.9. The molecule has 2 aromatic carbocycles. The minimum atomic E-state index is 0.00263. The number of para-hydroxylation sites is 2. The standard InChI is InChI=1S/C27H31N3O2S/c1-2-21-13-15-22(16-14-21)32-19-6-5-18-30-24-10-4-3-9-23(24)29-26(30)12-7-17-28-27(31)25-11-8-20-33-25/h3-4,8-11,13-16,20H,2,5-7,12,17-19H2,1H3,(H,28,31). The summed E-state index contributed by atoms with van der Waals surface area (Å²) in [6, 6.07) is 20.4. The molecule has 1 amide bonds. The topological polar surface area (TPSA) is 56.1 Å². The van der Waals surface area contributed by atoms with Crippen molar-refractivity contribution in [3.8, 4) is 5.75 Å². The van der Waals surface area contributed by atoms with Gasteiger partial charge in [-0.3, -0.25) is 4.79 Å². The van der Waals surface area contributed by atoms with Crippen molar-refractivity contribution in [3.63, 3.8) is 0 Å². The first-order valence-electron chi connectivity index (χ1n) is 11.7. The minimum absolute atomic E-state index is 0.00263. The molecule has 2 heterocycles. The number of hydrogen-bond acceptors (Lipinski definition) is 4. The van der Waals surface area contributed by atoms with Crippen LogP contribution in [0.15, 0.2) is 66.0 Å². The van der Waals surface area contributed by atoms with E-state index >= 15 is 0 Å². The largest absolute Gasteiger partial charge is 0.494 e. The molecule has 0 spiro atoms. The van der Waals surface area contributed by atoms with Crippen molar-refractivity contribution in [2.45, 2.75) is 45.6 Å². The van der Waals surface area contributed by atoms with Crippen molar-refractivity contribution < 1.29 is 9.53 Å². The first kappa shape index (κ1) is 23.1. The molecule has 0 unspecified atom stereocenters. The van der Waals surface area contributed by atoms with Crippen LogP contribution < -0.4 is 10.1 Å². The Morgan fingerprint density at radius 1 is 1.03 bits per heavy atom. The van der Waals surface area contributed by atoms with Crippen molar-refractivity contribution in [2.75, 3.05) is 13.2 Å². The number of carbonyl (C=O) groups is 1. The fourth-order valence-electron chi connectivity index (χ4n) is 3.89. The van der Waals surface area contributed by atoms with Crippen LogP contribution in [0.3, 0.4) is 0 Å². The van der Waals surface area contributed by atoms with E-state index in [9.17, 15) is 4.79 Å². The summed E-state index contributed by atoms with van der Waals surface area (Å²) in [5, 5.41) is 4.93. The molecule has 33 heavy (non-hydrogen) atoms. The molecule has 4 aromatic rings. The molecule has 4 rings (SSSR count). The highest BCUT2D eigenvalue weighted by Gasteiger charge is 2.11. The summed E-state index contributed by atoms with van der Waals surface area (Å²) in [5.41, 5.74) is 3.53. The van der Waals surface area contributed by atoms with Gasteiger partial charge in [0.05, 0.1) is 22.5 Å². The van der Waals surface area contributed by atoms with E-state index in [1.807, 2.05) is 23.6 Å². The number of unbranched alkanes of at least 4 members (excludes halogenated alkanes) is 1. The third kappa shape index (κ3) is 6.23. The molecule has 0 saturated heterocycles. The average molecular weight is 462 g/mol. The van der Waals surface area contributed by atoms with E-state index in [-0.39, 0.29) is 5.91 Å².